The highest BCUT2D eigenvalue weighted by molar-refractivity contribution is 7.99. The van der Waals surface area contributed by atoms with Gasteiger partial charge in [-0.1, -0.05) is 13.8 Å². The van der Waals surface area contributed by atoms with Gasteiger partial charge in [-0.15, -0.1) is 10.0 Å². The minimum absolute atomic E-state index is 0.00209. The van der Waals surface area contributed by atoms with E-state index in [9.17, 15) is 14.9 Å². The van der Waals surface area contributed by atoms with E-state index in [2.05, 4.69) is 15.3 Å². The van der Waals surface area contributed by atoms with Crippen LogP contribution in [-0.2, 0) is 14.3 Å². The lowest BCUT2D eigenvalue weighted by atomic mass is 10.1. The van der Waals surface area contributed by atoms with Gasteiger partial charge in [-0.2, -0.15) is 0 Å². The van der Waals surface area contributed by atoms with E-state index in [0.717, 1.165) is 24.5 Å². The molecule has 2 aliphatic rings. The van der Waals surface area contributed by atoms with Crippen LogP contribution in [0.3, 0.4) is 0 Å². The molecular weight excluding hydrogens is 456 g/mol. The third kappa shape index (κ3) is 5.31. The van der Waals surface area contributed by atoms with Crippen molar-refractivity contribution in [1.82, 2.24) is 4.72 Å². The predicted octanol–water partition coefficient (Wildman–Crippen LogP) is 3.05. The summed E-state index contributed by atoms with van der Waals surface area (Å²) in [6.07, 6.45) is 3.18. The molecule has 2 saturated heterocycles. The lowest BCUT2D eigenvalue weighted by Crippen LogP contribution is -2.25. The van der Waals surface area contributed by atoms with E-state index >= 15 is 4.39 Å². The molecule has 0 aromatic heterocycles. The molecule has 32 heavy (non-hydrogen) atoms. The van der Waals surface area contributed by atoms with Crippen molar-refractivity contribution < 1.29 is 23.5 Å². The first-order valence-corrected chi connectivity index (χ1v) is 12.8. The average molecular weight is 480 g/mol. The van der Waals surface area contributed by atoms with Gasteiger partial charge < -0.3 is 15.2 Å². The van der Waals surface area contributed by atoms with Gasteiger partial charge in [0.25, 0.3) is 11.7 Å². The van der Waals surface area contributed by atoms with Crippen molar-refractivity contribution in [2.24, 2.45) is 16.4 Å². The van der Waals surface area contributed by atoms with Crippen LogP contribution in [0.25, 0.3) is 5.57 Å². The number of carbonyl (C=O) groups excluding carboxylic acids is 2. The molecule has 2 heterocycles. The topological polar surface area (TPSA) is 130 Å². The van der Waals surface area contributed by atoms with E-state index in [1.165, 1.54) is 35.8 Å². The number of nitriles is 1. The van der Waals surface area contributed by atoms with Gasteiger partial charge >= 0.3 is 5.97 Å². The van der Waals surface area contributed by atoms with Crippen molar-refractivity contribution in [3.63, 3.8) is 0 Å². The highest BCUT2D eigenvalue weighted by Gasteiger charge is 2.55. The van der Waals surface area contributed by atoms with Crippen molar-refractivity contribution in [1.29, 1.82) is 5.26 Å². The summed E-state index contributed by atoms with van der Waals surface area (Å²) in [6, 6.07) is 2.98. The number of esters is 1. The molecule has 1 amide bonds. The Bertz CT molecular complexity index is 1020. The maximum absolute atomic E-state index is 15.7. The van der Waals surface area contributed by atoms with Gasteiger partial charge in [0.15, 0.2) is 11.6 Å². The van der Waals surface area contributed by atoms with Gasteiger partial charge in [0, 0.05) is 24.3 Å². The first-order chi connectivity index (χ1) is 15.2. The van der Waals surface area contributed by atoms with E-state index < -0.39 is 25.5 Å². The fourth-order valence-electron chi connectivity index (χ4n) is 2.74. The van der Waals surface area contributed by atoms with E-state index in [-0.39, 0.29) is 35.4 Å². The molecule has 1 unspecified atom stereocenters. The summed E-state index contributed by atoms with van der Waals surface area (Å²) in [7, 11) is -1.95. The molecule has 3 rings (SSSR count). The number of allylic oxidation sites excluding steroid dienone is 1. The van der Waals surface area contributed by atoms with E-state index in [1.54, 1.807) is 13.8 Å². The van der Waals surface area contributed by atoms with Crippen LogP contribution in [0.1, 0.15) is 26.3 Å². The summed E-state index contributed by atoms with van der Waals surface area (Å²) in [5.41, 5.74) is 6.18. The first-order valence-electron chi connectivity index (χ1n) is 9.89. The lowest BCUT2D eigenvalue weighted by molar-refractivity contribution is -0.165. The quantitative estimate of drug-likeness (QED) is 0.191. The third-order valence-electron chi connectivity index (χ3n) is 4.67. The van der Waals surface area contributed by atoms with Crippen molar-refractivity contribution in [2.75, 3.05) is 23.2 Å². The van der Waals surface area contributed by atoms with Crippen LogP contribution in [0, 0.1) is 22.8 Å². The minimum Gasteiger partial charge on any atom is -0.453 e. The van der Waals surface area contributed by atoms with Crippen LogP contribution >= 0.6 is 19.5 Å². The van der Waals surface area contributed by atoms with Crippen LogP contribution < -0.4 is 19.5 Å². The molecule has 0 bridgehead atoms. The summed E-state index contributed by atoms with van der Waals surface area (Å²) in [5.74, 6) is 0.556. The summed E-state index contributed by atoms with van der Waals surface area (Å²) in [6.45, 7) is 4.81. The van der Waals surface area contributed by atoms with Crippen LogP contribution in [0.2, 0.25) is 0 Å². The number of anilines is 1. The monoisotopic (exact) mass is 480 g/mol. The second-order valence-electron chi connectivity index (χ2n) is 7.54. The van der Waals surface area contributed by atoms with Crippen LogP contribution in [-0.4, -0.2) is 43.2 Å². The number of carbonyl (C=O) groups is 2. The number of nitrogens with zero attached hydrogens (tertiary/aromatic N) is 3. The highest BCUT2D eigenvalue weighted by atomic mass is 32.2. The third-order valence-corrected chi connectivity index (χ3v) is 7.75. The Kier molecular flexibility index (Phi) is 7.26. The number of halogens is 1. The molecule has 2 fully saturated rings. The second-order valence-corrected chi connectivity index (χ2v) is 11.5. The van der Waals surface area contributed by atoms with Gasteiger partial charge in [0.2, 0.25) is 13.7 Å². The number of hydrogen-bond acceptors (Lipinski definition) is 9. The van der Waals surface area contributed by atoms with E-state index in [4.69, 9.17) is 15.2 Å². The van der Waals surface area contributed by atoms with Crippen LogP contribution in [0.4, 0.5) is 10.1 Å². The van der Waals surface area contributed by atoms with Gasteiger partial charge in [0.05, 0.1) is 24.3 Å². The van der Waals surface area contributed by atoms with E-state index in [0.29, 0.717) is 5.57 Å². The number of ether oxygens (including phenoxy) is 2. The van der Waals surface area contributed by atoms with Crippen LogP contribution in [0.5, 0.6) is 5.75 Å². The predicted molar refractivity (Wildman–Crippen MR) is 123 cm³/mol. The Morgan fingerprint density at radius 1 is 1.44 bits per heavy atom. The number of benzene rings is 1. The fourth-order valence-corrected chi connectivity index (χ4v) is 5.04. The molecule has 2 aliphatic heterocycles. The van der Waals surface area contributed by atoms with Crippen molar-refractivity contribution in [2.45, 2.75) is 27.1 Å². The van der Waals surface area contributed by atoms with Crippen LogP contribution in [0.15, 0.2) is 23.1 Å². The Hall–Kier alpha value is -2.83. The smallest absolute Gasteiger partial charge is 0.311 e. The number of rotatable bonds is 8. The van der Waals surface area contributed by atoms with Gasteiger partial charge in [-0.25, -0.2) is 4.39 Å². The summed E-state index contributed by atoms with van der Waals surface area (Å²) in [5, 5.41) is 9.26. The normalized spacial score (nSPS) is 18.4. The standard InChI is InChI=1S/C20H23FN5O4PS/c1-12(2)20(28)30-13(3)29-16-5-4-15(14(8-22)9-24-31(11-23)6-7-31)18(21)19(16)26-10-17(27)25-32-26/h4-5,8-9,12-13H,6-7,10H2,1-3H3,(H2-,22,24,25,27)/p+1. The Balaban J connectivity index is 1.95. The fraction of sp³-hybridized carbons (Fsp3) is 0.400. The first kappa shape index (κ1) is 23.8. The molecular formula is C20H24FN5O4PS+. The maximum atomic E-state index is 15.7. The molecule has 170 valence electrons. The number of amides is 1. The highest BCUT2D eigenvalue weighted by Crippen LogP contribution is 2.72. The second kappa shape index (κ2) is 9.76. The molecule has 1 aromatic carbocycles. The lowest BCUT2D eigenvalue weighted by Gasteiger charge is -2.23. The molecule has 0 aliphatic carbocycles. The Morgan fingerprint density at radius 2 is 2.16 bits per heavy atom. The van der Waals surface area contributed by atoms with Gasteiger partial charge in [-0.05, 0) is 12.1 Å². The van der Waals surface area contributed by atoms with Crippen molar-refractivity contribution >= 4 is 48.9 Å². The minimum atomic E-state index is -1.95. The van der Waals surface area contributed by atoms with Gasteiger partial charge in [-0.3, -0.25) is 18.6 Å². The van der Waals surface area contributed by atoms with Gasteiger partial charge in [0.1, 0.15) is 24.6 Å². The van der Waals surface area contributed by atoms with Crippen molar-refractivity contribution in [3.8, 4) is 11.6 Å². The molecule has 0 saturated carbocycles. The molecule has 9 nitrogen and oxygen atoms in total. The Labute approximate surface area is 190 Å². The zero-order valence-electron chi connectivity index (χ0n) is 17.9. The number of nitrogens with two attached hydrogens (primary N) is 1. The summed E-state index contributed by atoms with van der Waals surface area (Å²) < 4.78 is 35.0. The SMILES string of the molecule is CC(OC(=O)C(C)C)Oc1ccc(C(=C/N)/C=N/[P+]2(C#N)CC2)c(F)c1N1CC(=O)NS1. The molecule has 3 N–H and O–H groups in total. The zero-order valence-corrected chi connectivity index (χ0v) is 19.6. The average Bonchev–Trinajstić information content (AvgIpc) is 3.41. The summed E-state index contributed by atoms with van der Waals surface area (Å²) >= 11 is 0.921. The molecule has 12 heteroatoms. The largest absolute Gasteiger partial charge is 0.453 e. The molecule has 1 atom stereocenters. The molecule has 0 radical (unpaired) electrons. The van der Waals surface area contributed by atoms with E-state index in [1.807, 2.05) is 0 Å². The number of nitrogens with one attached hydrogen (secondary N) is 1. The Morgan fingerprint density at radius 3 is 2.69 bits per heavy atom. The number of hydrogen-bond donors (Lipinski definition) is 2. The molecule has 1 aromatic rings. The van der Waals surface area contributed by atoms with Crippen molar-refractivity contribution in [3.05, 3.63) is 29.7 Å². The maximum Gasteiger partial charge on any atom is 0.311 e. The molecule has 0 spiro atoms. The summed E-state index contributed by atoms with van der Waals surface area (Å²) in [4.78, 5) is 23.6. The zero-order chi connectivity index (χ0) is 23.5.